The number of aliphatic hydroxyl groups is 2. The minimum absolute atomic E-state index is 0.00933. The number of ketones is 1. The van der Waals surface area contributed by atoms with Crippen molar-refractivity contribution in [2.75, 3.05) is 61.2 Å². The zero-order chi connectivity index (χ0) is 66.2. The number of carbonyl (C=O) groups excluding carboxylic acids is 5. The van der Waals surface area contributed by atoms with Crippen molar-refractivity contribution in [2.24, 2.45) is 46.6 Å². The highest BCUT2D eigenvalue weighted by atomic mass is 16.7. The van der Waals surface area contributed by atoms with Crippen LogP contribution >= 0.6 is 0 Å². The lowest BCUT2D eigenvalue weighted by atomic mass is 9.74. The van der Waals surface area contributed by atoms with E-state index < -0.39 is 151 Å². The molecule has 0 aliphatic carbocycles. The molecule has 2 amide bonds. The van der Waals surface area contributed by atoms with Gasteiger partial charge in [0.25, 0.3) is 0 Å². The third-order valence-electron chi connectivity index (χ3n) is 18.0. The summed E-state index contributed by atoms with van der Waals surface area (Å²) in [5, 5.41) is 32.9. The fraction of sp³-hybridized carbons (Fsp3) is 0.815. The number of amides is 2. The molecule has 508 valence electrons. The number of alkyl carbamates (subject to hydrolysis) is 1. The number of benzene rings is 1. The van der Waals surface area contributed by atoms with Crippen LogP contribution in [0.25, 0.3) is 0 Å². The molecule has 1 unspecified atom stereocenters. The van der Waals surface area contributed by atoms with Crippen LogP contribution in [-0.2, 0) is 82.7 Å². The molecular formula is C65H109N5O19. The number of nitrogens with one attached hydrogen (secondary N) is 2. The number of carbonyl (C=O) groups is 5. The molecule has 89 heavy (non-hydrogen) atoms. The van der Waals surface area contributed by atoms with Gasteiger partial charge in [-0.15, -0.1) is 0 Å². The van der Waals surface area contributed by atoms with Crippen molar-refractivity contribution in [1.29, 1.82) is 0 Å². The first-order chi connectivity index (χ1) is 41.9. The molecule has 0 aromatic heterocycles. The van der Waals surface area contributed by atoms with Crippen LogP contribution in [-0.4, -0.2) is 220 Å². The van der Waals surface area contributed by atoms with Gasteiger partial charge in [-0.2, -0.15) is 0 Å². The summed E-state index contributed by atoms with van der Waals surface area (Å²) in [7, 11) is 6.18. The van der Waals surface area contributed by atoms with Crippen molar-refractivity contribution < 1.29 is 91.1 Å². The minimum Gasteiger partial charge on any atom is -0.461 e. The van der Waals surface area contributed by atoms with E-state index in [-0.39, 0.29) is 68.6 Å². The molecule has 4 fully saturated rings. The quantitative estimate of drug-likeness (QED) is 0.0553. The van der Waals surface area contributed by atoms with Gasteiger partial charge in [0.2, 0.25) is 5.91 Å². The van der Waals surface area contributed by atoms with E-state index in [0.29, 0.717) is 26.1 Å². The maximum Gasteiger partial charge on any atom is 0.408 e. The lowest BCUT2D eigenvalue weighted by Crippen LogP contribution is -2.59. The normalized spacial score (nSPS) is 36.4. The molecule has 24 heteroatoms. The molecule has 1 aromatic rings. The molecule has 4 saturated heterocycles. The number of Topliss-reactive ketones (excluding diaryl/α,β-unsaturated/α-hetero) is 1. The average Bonchev–Trinajstić information content (AvgIpc) is 1.23. The molecule has 0 radical (unpaired) electrons. The first-order valence-electron chi connectivity index (χ1n) is 32.0. The minimum atomic E-state index is -1.99. The summed E-state index contributed by atoms with van der Waals surface area (Å²) in [6.07, 6.45) is -14.3. The molecule has 0 bridgehead atoms. The summed E-state index contributed by atoms with van der Waals surface area (Å²) in [5.74, 6) is -7.81. The number of aliphatic hydroxyl groups excluding tert-OH is 2. The van der Waals surface area contributed by atoms with E-state index in [0.717, 1.165) is 5.56 Å². The Kier molecular flexibility index (Phi) is 29.6. The van der Waals surface area contributed by atoms with Crippen LogP contribution in [0.4, 0.5) is 4.79 Å². The molecule has 5 rings (SSSR count). The standard InChI is InChI=1S/C65H109N5O19/c1-35(2)27-50(72)85-56-43(11)55(38(6)34-81-63-59(79-18)58(78-17)52(73)46(14)84-63)87-61(76)45(13)57(86-51-28-39(7)70(32-41(9)82-51)26-25-66-49(71)33-69(16)36(3)4)42(10)54(88-62-53(74)48(68-80-19)29-40(8)83-62)37(5)30-65(15,60(75)44(56)12)89-64(77)67-31-47-23-21-20-22-24-47/h20-24,35-46,51-59,62-63,73-74H,25-34H2,1-19H3,(H,66,71)(H,67,77)/t37-,38-,39?,40+,41-,42+,43-,44+,45+,46+,51-,52+,53+,54-,55+,56+,57-,58+,59+,62-,63+,65-/m0/s1. The second-order valence-corrected chi connectivity index (χ2v) is 26.4. The van der Waals surface area contributed by atoms with Gasteiger partial charge in [0.15, 0.2) is 30.3 Å². The van der Waals surface area contributed by atoms with Gasteiger partial charge in [-0.3, -0.25) is 29.0 Å². The second-order valence-electron chi connectivity index (χ2n) is 26.4. The maximum absolute atomic E-state index is 16.0. The molecule has 1 aromatic carbocycles. The fourth-order valence-corrected chi connectivity index (χ4v) is 12.8. The maximum atomic E-state index is 16.0. The summed E-state index contributed by atoms with van der Waals surface area (Å²) in [6, 6.07) is 9.26. The third-order valence-corrected chi connectivity index (χ3v) is 18.0. The first kappa shape index (κ1) is 75.3. The number of hydrogen-bond acceptors (Lipinski definition) is 22. The van der Waals surface area contributed by atoms with E-state index in [1.54, 1.807) is 41.5 Å². The number of cyclic esters (lactones) is 1. The molecule has 4 aliphatic rings. The highest BCUT2D eigenvalue weighted by Gasteiger charge is 2.53. The van der Waals surface area contributed by atoms with E-state index in [2.05, 4.69) is 27.6 Å². The predicted molar refractivity (Wildman–Crippen MR) is 330 cm³/mol. The van der Waals surface area contributed by atoms with Gasteiger partial charge in [-0.1, -0.05) is 84.0 Å². The number of likely N-dealkylation sites (N-methyl/N-ethyl adjacent to an activating group) is 1. The summed E-state index contributed by atoms with van der Waals surface area (Å²) >= 11 is 0. The number of nitrogens with zero attached hydrogens (tertiary/aromatic N) is 3. The van der Waals surface area contributed by atoms with Gasteiger partial charge < -0.3 is 77.8 Å². The number of oxime groups is 1. The molecule has 4 heterocycles. The molecule has 0 spiro atoms. The Morgan fingerprint density at radius 1 is 0.809 bits per heavy atom. The molecule has 22 atom stereocenters. The number of esters is 2. The first-order valence-corrected chi connectivity index (χ1v) is 32.0. The molecule has 24 nitrogen and oxygen atoms in total. The lowest BCUT2D eigenvalue weighted by Gasteiger charge is -2.45. The molecular weight excluding hydrogens is 1150 g/mol. The Labute approximate surface area is 528 Å². The zero-order valence-electron chi connectivity index (χ0n) is 56.4. The molecule has 4 N–H and O–H groups in total. The lowest BCUT2D eigenvalue weighted by molar-refractivity contribution is -0.305. The Hall–Kier alpha value is -4.44. The van der Waals surface area contributed by atoms with Crippen LogP contribution < -0.4 is 10.6 Å². The number of hydrogen-bond donors (Lipinski definition) is 4. The molecule has 0 saturated carbocycles. The second kappa shape index (κ2) is 35.0. The van der Waals surface area contributed by atoms with Crippen LogP contribution in [0.15, 0.2) is 35.5 Å². The SMILES string of the molecule is CON=C1C[C@@H](C)O[C@@H](O[C@@H]2[C@@H](C)[C@H](O[C@H]3CC(C)N(CCNC(=O)CN(C)C(C)C)C[C@H](C)O3)[C@@H](C)C(=O)O[C@H]([C@@H](C)CO[C@@H]3O[C@H](C)[C@@H](O)[C@@H](OC)[C@H]3OC)[C@H](C)[C@@H](OC(=O)CC(C)C)[C@@H](C)C(=O)[C@@](C)(OC(=O)NCc3ccccc3)C[C@@H]2C)[C@@H]1O. The van der Waals surface area contributed by atoms with Crippen molar-refractivity contribution in [3.05, 3.63) is 35.9 Å². The highest BCUT2D eigenvalue weighted by Crippen LogP contribution is 2.41. The smallest absolute Gasteiger partial charge is 0.408 e. The Morgan fingerprint density at radius 2 is 1.48 bits per heavy atom. The van der Waals surface area contributed by atoms with Crippen molar-refractivity contribution in [3.63, 3.8) is 0 Å². The number of rotatable bonds is 23. The van der Waals surface area contributed by atoms with Crippen molar-refractivity contribution >= 4 is 35.4 Å². The van der Waals surface area contributed by atoms with Gasteiger partial charge in [0, 0.05) is 89.5 Å². The van der Waals surface area contributed by atoms with Gasteiger partial charge in [0.1, 0.15) is 43.7 Å². The van der Waals surface area contributed by atoms with Crippen LogP contribution in [0.1, 0.15) is 135 Å². The summed E-state index contributed by atoms with van der Waals surface area (Å²) in [5.41, 5.74) is -0.946. The summed E-state index contributed by atoms with van der Waals surface area (Å²) in [4.78, 5) is 82.3. The van der Waals surface area contributed by atoms with E-state index in [4.69, 9.17) is 56.9 Å². The number of methoxy groups -OCH3 is 2. The summed E-state index contributed by atoms with van der Waals surface area (Å²) < 4.78 is 71.1. The van der Waals surface area contributed by atoms with Crippen LogP contribution in [0.2, 0.25) is 0 Å². The van der Waals surface area contributed by atoms with E-state index in [1.165, 1.54) is 28.3 Å². The van der Waals surface area contributed by atoms with E-state index in [1.807, 2.05) is 90.7 Å². The Balaban J connectivity index is 1.68. The summed E-state index contributed by atoms with van der Waals surface area (Å²) in [6.45, 7) is 28.9. The van der Waals surface area contributed by atoms with Crippen molar-refractivity contribution in [1.82, 2.24) is 20.4 Å². The van der Waals surface area contributed by atoms with E-state index in [9.17, 15) is 24.6 Å². The monoisotopic (exact) mass is 1260 g/mol. The van der Waals surface area contributed by atoms with Crippen LogP contribution in [0, 0.1) is 41.4 Å². The van der Waals surface area contributed by atoms with Crippen molar-refractivity contribution in [3.8, 4) is 0 Å². The predicted octanol–water partition coefficient (Wildman–Crippen LogP) is 6.03. The highest BCUT2D eigenvalue weighted by molar-refractivity contribution is 5.92. The average molecular weight is 1260 g/mol. The molecule has 4 aliphatic heterocycles. The largest absolute Gasteiger partial charge is 0.461 e. The van der Waals surface area contributed by atoms with Gasteiger partial charge in [0.05, 0.1) is 61.2 Å². The van der Waals surface area contributed by atoms with E-state index >= 15 is 9.59 Å². The van der Waals surface area contributed by atoms with Gasteiger partial charge in [-0.05, 0) is 86.3 Å². The fourth-order valence-electron chi connectivity index (χ4n) is 12.8. The Morgan fingerprint density at radius 3 is 2.11 bits per heavy atom. The Bertz CT molecular complexity index is 2410. The van der Waals surface area contributed by atoms with Gasteiger partial charge >= 0.3 is 18.0 Å². The van der Waals surface area contributed by atoms with Gasteiger partial charge in [-0.25, -0.2) is 4.79 Å². The number of ether oxygens (including phenoxy) is 11. The zero-order valence-corrected chi connectivity index (χ0v) is 56.4. The third kappa shape index (κ3) is 21.0. The van der Waals surface area contributed by atoms with Crippen LogP contribution in [0.5, 0.6) is 0 Å². The topological polar surface area (TPSA) is 279 Å². The van der Waals surface area contributed by atoms with Crippen molar-refractivity contribution in [2.45, 2.75) is 240 Å². The van der Waals surface area contributed by atoms with Crippen LogP contribution in [0.3, 0.4) is 0 Å².